The van der Waals surface area contributed by atoms with Crippen LogP contribution in [0.5, 0.6) is 5.75 Å². The van der Waals surface area contributed by atoms with E-state index in [0.717, 1.165) is 12.2 Å². The Morgan fingerprint density at radius 1 is 1.43 bits per heavy atom. The Kier molecular flexibility index (Phi) is 4.71. The van der Waals surface area contributed by atoms with Crippen LogP contribution in [-0.2, 0) is 0 Å². The fraction of sp³-hybridized carbons (Fsp3) is 0.400. The van der Waals surface area contributed by atoms with E-state index in [4.69, 9.17) is 9.26 Å². The molecule has 1 aromatic carbocycles. The molecule has 0 aliphatic carbocycles. The maximum atomic E-state index is 12.1. The van der Waals surface area contributed by atoms with Gasteiger partial charge in [-0.25, -0.2) is 0 Å². The fourth-order valence-electron chi connectivity index (χ4n) is 2.36. The van der Waals surface area contributed by atoms with Crippen LogP contribution in [0.15, 0.2) is 35.0 Å². The number of nitrogens with one attached hydrogen (secondary N) is 2. The summed E-state index contributed by atoms with van der Waals surface area (Å²) in [5.74, 6) is 1.86. The normalized spacial score (nSPS) is 20.3. The van der Waals surface area contributed by atoms with E-state index < -0.39 is 0 Å². The Labute approximate surface area is 138 Å². The highest BCUT2D eigenvalue weighted by Crippen LogP contribution is 2.26. The number of anilines is 1. The van der Waals surface area contributed by atoms with Crippen molar-refractivity contribution in [3.8, 4) is 5.75 Å². The Morgan fingerprint density at radius 2 is 2.22 bits per heavy atom. The second-order valence-electron chi connectivity index (χ2n) is 5.29. The molecule has 1 aliphatic rings. The topological polar surface area (TPSA) is 80.3 Å². The van der Waals surface area contributed by atoms with Gasteiger partial charge in [-0.05, 0) is 36.4 Å². The minimum absolute atomic E-state index is 0.263. The number of carbonyl (C=O) groups is 1. The van der Waals surface area contributed by atoms with E-state index in [9.17, 15) is 4.79 Å². The quantitative estimate of drug-likeness (QED) is 0.809. The predicted octanol–water partition coefficient (Wildman–Crippen LogP) is 1.66. The van der Waals surface area contributed by atoms with Crippen molar-refractivity contribution in [3.05, 3.63) is 36.0 Å². The monoisotopic (exact) mass is 335 g/mol. The minimum Gasteiger partial charge on any atom is -0.497 e. The first-order valence-electron chi connectivity index (χ1n) is 7.38. The van der Waals surface area contributed by atoms with Gasteiger partial charge in [0, 0.05) is 10.8 Å². The van der Waals surface area contributed by atoms with Crippen molar-refractivity contribution in [1.82, 2.24) is 5.27 Å². The molecule has 1 aliphatic heterocycles. The molecule has 23 heavy (non-hydrogen) atoms. The van der Waals surface area contributed by atoms with E-state index in [1.165, 1.54) is 4.79 Å². The summed E-state index contributed by atoms with van der Waals surface area (Å²) in [5, 5.41) is 7.08. The van der Waals surface area contributed by atoms with Crippen LogP contribution in [0.1, 0.15) is 23.7 Å². The molecule has 3 rings (SSSR count). The van der Waals surface area contributed by atoms with Gasteiger partial charge in [0.15, 0.2) is 0 Å². The van der Waals surface area contributed by atoms with Gasteiger partial charge in [-0.1, -0.05) is 6.92 Å². The predicted molar refractivity (Wildman–Crippen MR) is 87.3 cm³/mol. The van der Waals surface area contributed by atoms with E-state index >= 15 is 0 Å². The summed E-state index contributed by atoms with van der Waals surface area (Å²) >= 11 is 1.93. The summed E-state index contributed by atoms with van der Waals surface area (Å²) in [6, 6.07) is 7.19. The first kappa shape index (κ1) is 15.7. The molecule has 122 valence electrons. The first-order chi connectivity index (χ1) is 11.2. The van der Waals surface area contributed by atoms with Crippen molar-refractivity contribution < 1.29 is 18.8 Å². The summed E-state index contributed by atoms with van der Waals surface area (Å²) in [4.78, 5) is 13.7. The largest absolute Gasteiger partial charge is 0.497 e. The van der Waals surface area contributed by atoms with Crippen LogP contribution in [0.2, 0.25) is 0 Å². The number of thioether (sulfide) groups is 1. The number of benzene rings is 1. The third kappa shape index (κ3) is 3.76. The second-order valence-corrected chi connectivity index (χ2v) is 6.78. The lowest BCUT2D eigenvalue weighted by Crippen LogP contribution is -2.52. The summed E-state index contributed by atoms with van der Waals surface area (Å²) < 4.78 is 10.2. The lowest BCUT2D eigenvalue weighted by Gasteiger charge is -2.08. The number of amides is 1. The average Bonchev–Trinajstić information content (AvgIpc) is 3.17. The van der Waals surface area contributed by atoms with Gasteiger partial charge in [0.2, 0.25) is 5.27 Å². The van der Waals surface area contributed by atoms with Gasteiger partial charge in [-0.15, -0.1) is 0 Å². The van der Waals surface area contributed by atoms with Crippen LogP contribution in [0, 0.1) is 0 Å². The number of methoxy groups -OCH3 is 1. The Hall–Kier alpha value is -2.22. The third-order valence-corrected chi connectivity index (χ3v) is 5.06. The number of carbonyl (C=O) groups excluding carboxylic acids is 1. The van der Waals surface area contributed by atoms with Gasteiger partial charge in [-0.2, -0.15) is 17.2 Å². The molecule has 7 nitrogen and oxygen atoms in total. The number of nitrogens with zero attached hydrogens (tertiary/aromatic N) is 2. The van der Waals surface area contributed by atoms with Crippen LogP contribution in [0.25, 0.3) is 0 Å². The molecule has 2 unspecified atom stereocenters. The highest BCUT2D eigenvalue weighted by atomic mass is 32.2. The number of ether oxygens (including phenoxy) is 1. The van der Waals surface area contributed by atoms with Crippen LogP contribution in [-0.4, -0.2) is 35.3 Å². The van der Waals surface area contributed by atoms with Crippen LogP contribution >= 0.6 is 11.8 Å². The van der Waals surface area contributed by atoms with Gasteiger partial charge in [0.25, 0.3) is 12.1 Å². The lowest BCUT2D eigenvalue weighted by molar-refractivity contribution is -0.722. The summed E-state index contributed by atoms with van der Waals surface area (Å²) in [5.41, 5.74) is 3.78. The van der Waals surface area contributed by atoms with E-state index in [1.54, 1.807) is 37.6 Å². The molecule has 2 atom stereocenters. The number of rotatable bonds is 5. The van der Waals surface area contributed by atoms with E-state index in [2.05, 4.69) is 22.9 Å². The highest BCUT2D eigenvalue weighted by molar-refractivity contribution is 8.00. The average molecular weight is 335 g/mol. The minimum atomic E-state index is -0.263. The maximum Gasteiger partial charge on any atom is 0.306 e. The standard InChI is InChI=1S/C15H18N4O3S/c1-10-13(7-8-23-10)17-19-9-14(22-18-19)16-15(20)11-3-5-12(21-2)6-4-11/h3-6,9-10,13H,7-8H2,1-2H3,(H-,16,17,18,20)/p+1. The van der Waals surface area contributed by atoms with Crippen molar-refractivity contribution in [2.75, 3.05) is 23.6 Å². The molecule has 8 heteroatoms. The number of hydrogen-bond acceptors (Lipinski definition) is 6. The summed E-state index contributed by atoms with van der Waals surface area (Å²) in [6.45, 7) is 2.18. The molecule has 2 N–H and O–H groups in total. The summed E-state index contributed by atoms with van der Waals surface area (Å²) in [6.07, 6.45) is 2.70. The van der Waals surface area contributed by atoms with Gasteiger partial charge in [0.05, 0.1) is 17.9 Å². The molecule has 2 heterocycles. The summed E-state index contributed by atoms with van der Waals surface area (Å²) in [7, 11) is 1.58. The highest BCUT2D eigenvalue weighted by Gasteiger charge is 2.28. The van der Waals surface area contributed by atoms with Gasteiger partial charge < -0.3 is 4.74 Å². The molecule has 0 radical (unpaired) electrons. The van der Waals surface area contributed by atoms with Gasteiger partial charge >= 0.3 is 5.88 Å². The zero-order valence-electron chi connectivity index (χ0n) is 13.0. The Bertz CT molecular complexity index is 674. The Balaban J connectivity index is 1.60. The van der Waals surface area contributed by atoms with Crippen molar-refractivity contribution in [2.24, 2.45) is 0 Å². The van der Waals surface area contributed by atoms with Crippen LogP contribution in [0.4, 0.5) is 5.88 Å². The molecule has 0 saturated carbocycles. The SMILES string of the molecule is COc1ccc(C(=O)Nc2c[n+](NC3CCSC3C)no2)cc1. The number of aromatic nitrogens is 2. The molecule has 0 bridgehead atoms. The van der Waals surface area contributed by atoms with Crippen molar-refractivity contribution in [3.63, 3.8) is 0 Å². The molecule has 1 amide bonds. The van der Waals surface area contributed by atoms with E-state index in [1.807, 2.05) is 11.8 Å². The van der Waals surface area contributed by atoms with Crippen molar-refractivity contribution in [1.29, 1.82) is 0 Å². The maximum absolute atomic E-state index is 12.1. The molecular weight excluding hydrogens is 316 g/mol. The second kappa shape index (κ2) is 6.91. The van der Waals surface area contributed by atoms with Gasteiger partial charge in [0.1, 0.15) is 5.75 Å². The fourth-order valence-corrected chi connectivity index (χ4v) is 3.55. The van der Waals surface area contributed by atoms with E-state index in [-0.39, 0.29) is 11.8 Å². The smallest absolute Gasteiger partial charge is 0.306 e. The first-order valence-corrected chi connectivity index (χ1v) is 8.43. The zero-order valence-corrected chi connectivity index (χ0v) is 13.8. The number of hydrogen-bond donors (Lipinski definition) is 2. The third-order valence-electron chi connectivity index (χ3n) is 3.73. The zero-order chi connectivity index (χ0) is 16.2. The van der Waals surface area contributed by atoms with Crippen LogP contribution < -0.4 is 20.3 Å². The lowest BCUT2D eigenvalue weighted by atomic mass is 10.2. The molecule has 0 spiro atoms. The molecule has 1 saturated heterocycles. The molecule has 1 fully saturated rings. The van der Waals surface area contributed by atoms with Crippen molar-refractivity contribution >= 4 is 23.6 Å². The molecule has 1 aromatic heterocycles. The van der Waals surface area contributed by atoms with Gasteiger partial charge in [-0.3, -0.25) is 14.6 Å². The molecular formula is C15H19N4O3S+. The van der Waals surface area contributed by atoms with Crippen LogP contribution in [0.3, 0.4) is 0 Å². The van der Waals surface area contributed by atoms with Crippen molar-refractivity contribution in [2.45, 2.75) is 24.6 Å². The molecule has 2 aromatic rings. The Morgan fingerprint density at radius 3 is 2.87 bits per heavy atom. The van der Waals surface area contributed by atoms with E-state index in [0.29, 0.717) is 22.6 Å².